The molecule has 0 heterocycles. The zero-order valence-electron chi connectivity index (χ0n) is 10.8. The van der Waals surface area contributed by atoms with E-state index in [9.17, 15) is 0 Å². The van der Waals surface area contributed by atoms with Crippen LogP contribution in [-0.4, -0.2) is 48.5 Å². The first-order valence-corrected chi connectivity index (χ1v) is 6.05. The molecule has 0 fully saturated rings. The third-order valence-corrected chi connectivity index (χ3v) is 2.81. The SMILES string of the molecule is COc1cc(CN(CCO)CCO)ccc1CN. The van der Waals surface area contributed by atoms with Gasteiger partial charge in [0.2, 0.25) is 0 Å². The van der Waals surface area contributed by atoms with Gasteiger partial charge < -0.3 is 20.7 Å². The Labute approximate surface area is 108 Å². The highest BCUT2D eigenvalue weighted by molar-refractivity contribution is 5.37. The summed E-state index contributed by atoms with van der Waals surface area (Å²) in [5.41, 5.74) is 7.66. The topological polar surface area (TPSA) is 79.0 Å². The van der Waals surface area contributed by atoms with Crippen LogP contribution in [-0.2, 0) is 13.1 Å². The molecular formula is C13H22N2O3. The molecule has 0 aliphatic heterocycles. The Morgan fingerprint density at radius 2 is 1.89 bits per heavy atom. The second kappa shape index (κ2) is 8.05. The predicted octanol–water partition coefficient (Wildman–Crippen LogP) is -0.0595. The van der Waals surface area contributed by atoms with Gasteiger partial charge in [-0.3, -0.25) is 4.90 Å². The molecule has 1 rings (SSSR count). The minimum Gasteiger partial charge on any atom is -0.496 e. The lowest BCUT2D eigenvalue weighted by atomic mass is 10.1. The molecule has 0 aliphatic carbocycles. The van der Waals surface area contributed by atoms with Gasteiger partial charge in [0.1, 0.15) is 5.75 Å². The molecule has 0 saturated heterocycles. The van der Waals surface area contributed by atoms with Crippen LogP contribution < -0.4 is 10.5 Å². The normalized spacial score (nSPS) is 10.9. The van der Waals surface area contributed by atoms with Gasteiger partial charge in [-0.25, -0.2) is 0 Å². The van der Waals surface area contributed by atoms with Gasteiger partial charge in [-0.05, 0) is 11.6 Å². The van der Waals surface area contributed by atoms with Crippen LogP contribution in [0.15, 0.2) is 18.2 Å². The summed E-state index contributed by atoms with van der Waals surface area (Å²) < 4.78 is 5.28. The van der Waals surface area contributed by atoms with Crippen molar-refractivity contribution in [2.45, 2.75) is 13.1 Å². The van der Waals surface area contributed by atoms with E-state index in [4.69, 9.17) is 20.7 Å². The molecule has 5 heteroatoms. The number of hydrogen-bond donors (Lipinski definition) is 3. The van der Waals surface area contributed by atoms with Gasteiger partial charge in [0.15, 0.2) is 0 Å². The van der Waals surface area contributed by atoms with E-state index in [1.807, 2.05) is 23.1 Å². The highest BCUT2D eigenvalue weighted by Crippen LogP contribution is 2.20. The van der Waals surface area contributed by atoms with Crippen molar-refractivity contribution in [2.24, 2.45) is 5.73 Å². The second-order valence-corrected chi connectivity index (χ2v) is 4.07. The van der Waals surface area contributed by atoms with Crippen LogP contribution >= 0.6 is 0 Å². The molecular weight excluding hydrogens is 232 g/mol. The van der Waals surface area contributed by atoms with Crippen LogP contribution in [0, 0.1) is 0 Å². The molecule has 1 aromatic carbocycles. The van der Waals surface area contributed by atoms with E-state index in [1.54, 1.807) is 7.11 Å². The smallest absolute Gasteiger partial charge is 0.123 e. The molecule has 0 bridgehead atoms. The highest BCUT2D eigenvalue weighted by atomic mass is 16.5. The monoisotopic (exact) mass is 254 g/mol. The summed E-state index contributed by atoms with van der Waals surface area (Å²) in [7, 11) is 1.62. The number of hydrogen-bond acceptors (Lipinski definition) is 5. The number of methoxy groups -OCH3 is 1. The zero-order valence-corrected chi connectivity index (χ0v) is 10.8. The van der Waals surface area contributed by atoms with Crippen molar-refractivity contribution in [2.75, 3.05) is 33.4 Å². The van der Waals surface area contributed by atoms with Gasteiger partial charge in [0.05, 0.1) is 20.3 Å². The van der Waals surface area contributed by atoms with Crippen molar-refractivity contribution in [3.63, 3.8) is 0 Å². The van der Waals surface area contributed by atoms with E-state index < -0.39 is 0 Å². The summed E-state index contributed by atoms with van der Waals surface area (Å²) in [5, 5.41) is 17.9. The van der Waals surface area contributed by atoms with Crippen LogP contribution in [0.2, 0.25) is 0 Å². The van der Waals surface area contributed by atoms with Gasteiger partial charge in [-0.15, -0.1) is 0 Å². The van der Waals surface area contributed by atoms with Crippen molar-refractivity contribution in [1.82, 2.24) is 4.90 Å². The average molecular weight is 254 g/mol. The summed E-state index contributed by atoms with van der Waals surface area (Å²) in [6.45, 7) is 2.36. The largest absolute Gasteiger partial charge is 0.496 e. The fourth-order valence-corrected chi connectivity index (χ4v) is 1.87. The Morgan fingerprint density at radius 1 is 1.22 bits per heavy atom. The molecule has 0 amide bonds. The van der Waals surface area contributed by atoms with Crippen LogP contribution in [0.1, 0.15) is 11.1 Å². The first-order valence-electron chi connectivity index (χ1n) is 6.05. The molecule has 0 spiro atoms. The van der Waals surface area contributed by atoms with Gasteiger partial charge in [0, 0.05) is 31.7 Å². The highest BCUT2D eigenvalue weighted by Gasteiger charge is 2.07. The Kier molecular flexibility index (Phi) is 6.67. The lowest BCUT2D eigenvalue weighted by Crippen LogP contribution is -2.29. The molecule has 18 heavy (non-hydrogen) atoms. The zero-order chi connectivity index (χ0) is 13.4. The lowest BCUT2D eigenvalue weighted by Gasteiger charge is -2.20. The number of benzene rings is 1. The first kappa shape index (κ1) is 14.9. The Hall–Kier alpha value is -1.14. The molecule has 1 aromatic rings. The molecule has 0 aliphatic rings. The molecule has 102 valence electrons. The molecule has 4 N–H and O–H groups in total. The second-order valence-electron chi connectivity index (χ2n) is 4.07. The number of rotatable bonds is 8. The van der Waals surface area contributed by atoms with E-state index in [0.29, 0.717) is 26.2 Å². The van der Waals surface area contributed by atoms with Crippen LogP contribution in [0.25, 0.3) is 0 Å². The molecule has 0 atom stereocenters. The van der Waals surface area contributed by atoms with Crippen LogP contribution in [0.4, 0.5) is 0 Å². The van der Waals surface area contributed by atoms with Crippen LogP contribution in [0.5, 0.6) is 5.75 Å². The summed E-state index contributed by atoms with van der Waals surface area (Å²) in [6.07, 6.45) is 0. The third-order valence-electron chi connectivity index (χ3n) is 2.81. The fraction of sp³-hybridized carbons (Fsp3) is 0.538. The quantitative estimate of drug-likeness (QED) is 0.606. The summed E-state index contributed by atoms with van der Waals surface area (Å²) in [4.78, 5) is 1.98. The Morgan fingerprint density at radius 3 is 2.39 bits per heavy atom. The number of aliphatic hydroxyl groups excluding tert-OH is 2. The first-order chi connectivity index (χ1) is 8.74. The van der Waals surface area contributed by atoms with Crippen LogP contribution in [0.3, 0.4) is 0 Å². The van der Waals surface area contributed by atoms with E-state index >= 15 is 0 Å². The maximum absolute atomic E-state index is 8.96. The summed E-state index contributed by atoms with van der Waals surface area (Å²) in [5.74, 6) is 0.781. The molecule has 0 aromatic heterocycles. The van der Waals surface area contributed by atoms with Gasteiger partial charge in [-0.1, -0.05) is 12.1 Å². The molecule has 5 nitrogen and oxygen atoms in total. The van der Waals surface area contributed by atoms with Gasteiger partial charge >= 0.3 is 0 Å². The van der Waals surface area contributed by atoms with Crippen molar-refractivity contribution >= 4 is 0 Å². The lowest BCUT2D eigenvalue weighted by molar-refractivity contribution is 0.156. The van der Waals surface area contributed by atoms with E-state index in [1.165, 1.54) is 0 Å². The number of nitrogens with two attached hydrogens (primary N) is 1. The average Bonchev–Trinajstić information content (AvgIpc) is 2.39. The molecule has 0 unspecified atom stereocenters. The van der Waals surface area contributed by atoms with E-state index in [-0.39, 0.29) is 13.2 Å². The fourth-order valence-electron chi connectivity index (χ4n) is 1.87. The van der Waals surface area contributed by atoms with Gasteiger partial charge in [-0.2, -0.15) is 0 Å². The molecule has 0 radical (unpaired) electrons. The number of nitrogens with zero attached hydrogens (tertiary/aromatic N) is 1. The van der Waals surface area contributed by atoms with Crippen molar-refractivity contribution in [1.29, 1.82) is 0 Å². The standard InChI is InChI=1S/C13H22N2O3/c1-18-13-8-11(2-3-12(13)9-14)10-15(4-6-16)5-7-17/h2-3,8,16-17H,4-7,9-10,14H2,1H3. The van der Waals surface area contributed by atoms with Crippen molar-refractivity contribution < 1.29 is 14.9 Å². The minimum absolute atomic E-state index is 0.0814. The van der Waals surface area contributed by atoms with Gasteiger partial charge in [0.25, 0.3) is 0 Å². The number of ether oxygens (including phenoxy) is 1. The Balaban J connectivity index is 2.76. The summed E-state index contributed by atoms with van der Waals surface area (Å²) in [6, 6.07) is 5.89. The maximum Gasteiger partial charge on any atom is 0.123 e. The molecule has 0 saturated carbocycles. The number of aliphatic hydroxyl groups is 2. The Bertz CT molecular complexity index is 352. The van der Waals surface area contributed by atoms with Crippen molar-refractivity contribution in [3.05, 3.63) is 29.3 Å². The maximum atomic E-state index is 8.96. The van der Waals surface area contributed by atoms with E-state index in [0.717, 1.165) is 16.9 Å². The minimum atomic E-state index is 0.0814. The predicted molar refractivity (Wildman–Crippen MR) is 70.3 cm³/mol. The summed E-state index contributed by atoms with van der Waals surface area (Å²) >= 11 is 0. The third kappa shape index (κ3) is 4.27. The van der Waals surface area contributed by atoms with Crippen molar-refractivity contribution in [3.8, 4) is 5.75 Å². The van der Waals surface area contributed by atoms with E-state index in [2.05, 4.69) is 0 Å².